The number of rotatable bonds is 3. The Balaban J connectivity index is 1.64. The fourth-order valence-electron chi connectivity index (χ4n) is 3.23. The third kappa shape index (κ3) is 3.45. The van der Waals surface area contributed by atoms with Gasteiger partial charge in [-0.2, -0.15) is 0 Å². The van der Waals surface area contributed by atoms with Gasteiger partial charge in [0.2, 0.25) is 0 Å². The molecule has 0 radical (unpaired) electrons. The molecule has 1 aliphatic heterocycles. The summed E-state index contributed by atoms with van der Waals surface area (Å²) in [6.45, 7) is 4.40. The first-order chi connectivity index (χ1) is 13.2. The lowest BCUT2D eigenvalue weighted by atomic mass is 9.99. The van der Waals surface area contributed by atoms with Crippen LogP contribution in [-0.4, -0.2) is 6.03 Å². The van der Waals surface area contributed by atoms with Gasteiger partial charge in [0.25, 0.3) is 0 Å². The Morgan fingerprint density at radius 2 is 1.48 bits per heavy atom. The zero-order valence-corrected chi connectivity index (χ0v) is 16.3. The van der Waals surface area contributed by atoms with Crippen molar-refractivity contribution in [1.29, 1.82) is 0 Å². The lowest BCUT2D eigenvalue weighted by molar-refractivity contribution is 0.259. The molecule has 0 bridgehead atoms. The number of carbonyl (C=O) groups is 1. The molecule has 0 saturated heterocycles. The molecule has 0 spiro atoms. The van der Waals surface area contributed by atoms with Gasteiger partial charge in [-0.05, 0) is 54.3 Å². The molecule has 27 heavy (non-hydrogen) atoms. The fourth-order valence-corrected chi connectivity index (χ4v) is 4.29. The van der Waals surface area contributed by atoms with Crippen LogP contribution in [0.2, 0.25) is 0 Å². The average Bonchev–Trinajstić information content (AvgIpc) is 2.71. The van der Waals surface area contributed by atoms with Crippen molar-refractivity contribution < 1.29 is 4.79 Å². The SMILES string of the molecule is CC[C@@H](C)c1ccc(NC(=O)N2c3ccccc3Sc3ccccc32)cc1. The summed E-state index contributed by atoms with van der Waals surface area (Å²) in [4.78, 5) is 17.1. The van der Waals surface area contributed by atoms with Crippen molar-refractivity contribution in [3.05, 3.63) is 78.4 Å². The molecule has 1 heterocycles. The first kappa shape index (κ1) is 17.7. The van der Waals surface area contributed by atoms with Crippen LogP contribution in [0, 0.1) is 0 Å². The van der Waals surface area contributed by atoms with Gasteiger partial charge in [-0.3, -0.25) is 4.90 Å². The summed E-state index contributed by atoms with van der Waals surface area (Å²) in [5.74, 6) is 0.521. The van der Waals surface area contributed by atoms with Crippen molar-refractivity contribution in [2.24, 2.45) is 0 Å². The lowest BCUT2D eigenvalue weighted by Gasteiger charge is -2.31. The summed E-state index contributed by atoms with van der Waals surface area (Å²) >= 11 is 1.70. The quantitative estimate of drug-likeness (QED) is 0.533. The Bertz CT molecular complexity index is 923. The molecule has 3 aromatic rings. The van der Waals surface area contributed by atoms with Gasteiger partial charge in [0.05, 0.1) is 11.4 Å². The Morgan fingerprint density at radius 3 is 2.04 bits per heavy atom. The van der Waals surface area contributed by atoms with Crippen LogP contribution in [0.4, 0.5) is 21.9 Å². The van der Waals surface area contributed by atoms with Crippen LogP contribution in [0.1, 0.15) is 31.7 Å². The van der Waals surface area contributed by atoms with E-state index in [-0.39, 0.29) is 6.03 Å². The van der Waals surface area contributed by atoms with E-state index in [9.17, 15) is 4.79 Å². The Labute approximate surface area is 164 Å². The molecule has 0 fully saturated rings. The topological polar surface area (TPSA) is 32.3 Å². The van der Waals surface area contributed by atoms with E-state index in [4.69, 9.17) is 0 Å². The normalized spacial score (nSPS) is 13.5. The van der Waals surface area contributed by atoms with Crippen LogP contribution in [0.15, 0.2) is 82.6 Å². The number of hydrogen-bond donors (Lipinski definition) is 1. The summed E-state index contributed by atoms with van der Waals surface area (Å²) in [6.07, 6.45) is 1.10. The van der Waals surface area contributed by atoms with Gasteiger partial charge in [0.15, 0.2) is 0 Å². The van der Waals surface area contributed by atoms with Crippen LogP contribution in [0.5, 0.6) is 0 Å². The maximum absolute atomic E-state index is 13.2. The van der Waals surface area contributed by atoms with E-state index in [1.165, 1.54) is 5.56 Å². The molecule has 3 nitrogen and oxygen atoms in total. The highest BCUT2D eigenvalue weighted by molar-refractivity contribution is 7.99. The summed E-state index contributed by atoms with van der Waals surface area (Å²) in [5, 5.41) is 3.06. The Hall–Kier alpha value is -2.72. The number of hydrogen-bond acceptors (Lipinski definition) is 2. The van der Waals surface area contributed by atoms with E-state index < -0.39 is 0 Å². The van der Waals surface area contributed by atoms with Crippen molar-refractivity contribution in [1.82, 2.24) is 0 Å². The van der Waals surface area contributed by atoms with E-state index in [1.807, 2.05) is 48.5 Å². The highest BCUT2D eigenvalue weighted by Gasteiger charge is 2.27. The maximum Gasteiger partial charge on any atom is 0.331 e. The summed E-state index contributed by atoms with van der Waals surface area (Å²) in [5.41, 5.74) is 3.92. The molecule has 1 N–H and O–H groups in total. The zero-order valence-electron chi connectivity index (χ0n) is 15.5. The van der Waals surface area contributed by atoms with E-state index in [1.54, 1.807) is 16.7 Å². The third-order valence-electron chi connectivity index (χ3n) is 4.98. The number of fused-ring (bicyclic) bond motifs is 2. The number of benzene rings is 3. The lowest BCUT2D eigenvalue weighted by Crippen LogP contribution is -2.32. The van der Waals surface area contributed by atoms with E-state index in [2.05, 4.69) is 43.4 Å². The highest BCUT2D eigenvalue weighted by atomic mass is 32.2. The summed E-state index contributed by atoms with van der Waals surface area (Å²) in [6, 6.07) is 24.0. The minimum Gasteiger partial charge on any atom is -0.307 e. The van der Waals surface area contributed by atoms with Gasteiger partial charge in [-0.1, -0.05) is 62.0 Å². The molecular formula is C23H22N2OS. The largest absolute Gasteiger partial charge is 0.331 e. The van der Waals surface area contributed by atoms with Gasteiger partial charge in [0, 0.05) is 15.5 Å². The van der Waals surface area contributed by atoms with Crippen molar-refractivity contribution in [2.75, 3.05) is 10.2 Å². The zero-order chi connectivity index (χ0) is 18.8. The molecule has 4 rings (SSSR count). The van der Waals surface area contributed by atoms with Crippen LogP contribution in [0.25, 0.3) is 0 Å². The van der Waals surface area contributed by atoms with Crippen molar-refractivity contribution >= 4 is 34.9 Å². The molecule has 1 atom stereocenters. The smallest absolute Gasteiger partial charge is 0.307 e. The summed E-state index contributed by atoms with van der Waals surface area (Å²) < 4.78 is 0. The third-order valence-corrected chi connectivity index (χ3v) is 6.11. The van der Waals surface area contributed by atoms with E-state index in [0.717, 1.165) is 33.3 Å². The van der Waals surface area contributed by atoms with Crippen LogP contribution < -0.4 is 10.2 Å². The predicted octanol–water partition coefficient (Wildman–Crippen LogP) is 7.03. The molecule has 0 aliphatic carbocycles. The highest BCUT2D eigenvalue weighted by Crippen LogP contribution is 2.48. The number of nitrogens with zero attached hydrogens (tertiary/aromatic N) is 1. The molecule has 3 aromatic carbocycles. The van der Waals surface area contributed by atoms with Gasteiger partial charge < -0.3 is 5.32 Å². The molecule has 1 aliphatic rings. The second-order valence-electron chi connectivity index (χ2n) is 6.73. The monoisotopic (exact) mass is 374 g/mol. The van der Waals surface area contributed by atoms with Crippen LogP contribution >= 0.6 is 11.8 Å². The van der Waals surface area contributed by atoms with Gasteiger partial charge in [-0.25, -0.2) is 4.79 Å². The van der Waals surface area contributed by atoms with Crippen molar-refractivity contribution in [3.63, 3.8) is 0 Å². The van der Waals surface area contributed by atoms with Crippen molar-refractivity contribution in [3.8, 4) is 0 Å². The van der Waals surface area contributed by atoms with Gasteiger partial charge >= 0.3 is 6.03 Å². The standard InChI is InChI=1S/C23H22N2OS/c1-3-16(2)17-12-14-18(15-13-17)24-23(26)25-19-8-4-6-10-21(19)27-22-11-7-5-9-20(22)25/h4-16H,3H2,1-2H3,(H,24,26)/t16-/m1/s1. The van der Waals surface area contributed by atoms with E-state index >= 15 is 0 Å². The minimum atomic E-state index is -0.147. The molecule has 0 saturated carbocycles. The minimum absolute atomic E-state index is 0.147. The second kappa shape index (κ2) is 7.49. The predicted molar refractivity (Wildman–Crippen MR) is 113 cm³/mol. The van der Waals surface area contributed by atoms with Crippen LogP contribution in [-0.2, 0) is 0 Å². The number of carbonyl (C=O) groups excluding carboxylic acids is 1. The number of nitrogens with one attached hydrogen (secondary N) is 1. The molecule has 136 valence electrons. The number of anilines is 3. The number of amides is 2. The molecule has 2 amide bonds. The van der Waals surface area contributed by atoms with Gasteiger partial charge in [-0.15, -0.1) is 0 Å². The van der Waals surface area contributed by atoms with Crippen molar-refractivity contribution in [2.45, 2.75) is 36.0 Å². The summed E-state index contributed by atoms with van der Waals surface area (Å²) in [7, 11) is 0. The molecule has 4 heteroatoms. The number of urea groups is 1. The maximum atomic E-state index is 13.2. The second-order valence-corrected chi connectivity index (χ2v) is 7.82. The van der Waals surface area contributed by atoms with Gasteiger partial charge in [0.1, 0.15) is 0 Å². The Morgan fingerprint density at radius 1 is 0.926 bits per heavy atom. The first-order valence-electron chi connectivity index (χ1n) is 9.24. The average molecular weight is 375 g/mol. The molecular weight excluding hydrogens is 352 g/mol. The first-order valence-corrected chi connectivity index (χ1v) is 10.1. The van der Waals surface area contributed by atoms with E-state index in [0.29, 0.717) is 5.92 Å². The van der Waals surface area contributed by atoms with Crippen LogP contribution in [0.3, 0.4) is 0 Å². The Kier molecular flexibility index (Phi) is 4.90. The molecule has 0 unspecified atom stereocenters. The fraction of sp³-hybridized carbons (Fsp3) is 0.174. The number of para-hydroxylation sites is 2. The molecule has 0 aromatic heterocycles.